The van der Waals surface area contributed by atoms with Crippen molar-refractivity contribution in [1.82, 2.24) is 14.5 Å². The van der Waals surface area contributed by atoms with E-state index in [-0.39, 0.29) is 5.56 Å². The largest absolute Gasteiger partial charge is 0.477 e. The molecule has 2 aromatic rings. The van der Waals surface area contributed by atoms with Crippen LogP contribution >= 0.6 is 0 Å². The van der Waals surface area contributed by atoms with Crippen molar-refractivity contribution in [2.45, 2.75) is 61.4 Å². The van der Waals surface area contributed by atoms with Crippen molar-refractivity contribution in [2.75, 3.05) is 6.61 Å². The van der Waals surface area contributed by atoms with Crippen molar-refractivity contribution in [2.24, 2.45) is 17.8 Å². The van der Waals surface area contributed by atoms with Gasteiger partial charge >= 0.3 is 0 Å². The highest BCUT2D eigenvalue weighted by molar-refractivity contribution is 5.67. The fourth-order valence-electron chi connectivity index (χ4n) is 4.41. The molecule has 0 bridgehead atoms. The average molecular weight is 448 g/mol. The van der Waals surface area contributed by atoms with E-state index in [2.05, 4.69) is 62.0 Å². The predicted molar refractivity (Wildman–Crippen MR) is 135 cm³/mol. The molecule has 0 aliphatic heterocycles. The summed E-state index contributed by atoms with van der Waals surface area (Å²) < 4.78 is 7.99. The van der Waals surface area contributed by atoms with Crippen LogP contribution in [0.15, 0.2) is 58.7 Å². The first kappa shape index (κ1) is 24.7. The smallest absolute Gasteiger partial charge is 0.253 e. The molecule has 0 spiro atoms. The molecular weight excluding hydrogens is 410 g/mol. The van der Waals surface area contributed by atoms with Crippen LogP contribution in [0.3, 0.4) is 0 Å². The van der Waals surface area contributed by atoms with Gasteiger partial charge in [-0.3, -0.25) is 4.79 Å². The highest BCUT2D eigenvalue weighted by Gasteiger charge is 2.47. The zero-order valence-electron chi connectivity index (χ0n) is 21.1. The Balaban J connectivity index is 1.76. The Hall–Kier alpha value is -2.95. The number of hydrogen-bond donors (Lipinski definition) is 0. The van der Waals surface area contributed by atoms with E-state index in [1.165, 1.54) is 11.1 Å². The van der Waals surface area contributed by atoms with Crippen LogP contribution in [0.25, 0.3) is 11.1 Å². The first-order valence-corrected chi connectivity index (χ1v) is 11.9. The van der Waals surface area contributed by atoms with E-state index in [1.54, 1.807) is 10.8 Å². The molecule has 5 nitrogen and oxygen atoms in total. The van der Waals surface area contributed by atoms with Crippen molar-refractivity contribution in [3.05, 3.63) is 75.7 Å². The number of hydrogen-bond acceptors (Lipinski definition) is 4. The number of aromatic nitrogens is 3. The van der Waals surface area contributed by atoms with E-state index >= 15 is 0 Å². The van der Waals surface area contributed by atoms with Gasteiger partial charge in [0.2, 0.25) is 5.88 Å². The summed E-state index contributed by atoms with van der Waals surface area (Å²) in [6, 6.07) is 1.90. The quantitative estimate of drug-likeness (QED) is 0.346. The van der Waals surface area contributed by atoms with E-state index in [0.717, 1.165) is 17.5 Å². The summed E-state index contributed by atoms with van der Waals surface area (Å²) in [6.07, 6.45) is 13.4. The Labute approximate surface area is 197 Å². The number of nitrogens with zero attached hydrogens (tertiary/aromatic N) is 3. The Kier molecular flexibility index (Phi) is 8.06. The molecule has 2 heterocycles. The maximum atomic E-state index is 12.3. The second-order valence-corrected chi connectivity index (χ2v) is 9.20. The molecule has 0 N–H and O–H groups in total. The fraction of sp³-hybridized carbons (Fsp3) is 0.464. The van der Waals surface area contributed by atoms with Crippen LogP contribution in [0.4, 0.5) is 0 Å². The van der Waals surface area contributed by atoms with Gasteiger partial charge in [-0.15, -0.1) is 0 Å². The minimum absolute atomic E-state index is 0.0312. The summed E-state index contributed by atoms with van der Waals surface area (Å²) in [4.78, 5) is 21.3. The molecule has 1 fully saturated rings. The maximum absolute atomic E-state index is 12.3. The molecule has 3 atom stereocenters. The van der Waals surface area contributed by atoms with Crippen molar-refractivity contribution in [3.63, 3.8) is 0 Å². The monoisotopic (exact) mass is 447 g/mol. The highest BCUT2D eigenvalue weighted by atomic mass is 16.5. The third-order valence-corrected chi connectivity index (χ3v) is 6.60. The van der Waals surface area contributed by atoms with E-state index in [9.17, 15) is 4.79 Å². The molecule has 33 heavy (non-hydrogen) atoms. The predicted octanol–water partition coefficient (Wildman–Crippen LogP) is 6.06. The number of aryl methyl sites for hydroxylation is 3. The minimum atomic E-state index is 0.0312. The van der Waals surface area contributed by atoms with Crippen LogP contribution in [-0.2, 0) is 6.54 Å². The fourth-order valence-corrected chi connectivity index (χ4v) is 4.41. The third-order valence-electron chi connectivity index (χ3n) is 6.60. The Morgan fingerprint density at radius 3 is 2.70 bits per heavy atom. The maximum Gasteiger partial charge on any atom is 0.253 e. The van der Waals surface area contributed by atoms with Gasteiger partial charge in [0.15, 0.2) is 0 Å². The number of ether oxygens (including phenoxy) is 1. The molecule has 1 saturated carbocycles. The molecule has 1 aliphatic carbocycles. The molecule has 1 unspecified atom stereocenters. The molecule has 0 radical (unpaired) electrons. The molecule has 0 saturated heterocycles. The second-order valence-electron chi connectivity index (χ2n) is 9.20. The molecule has 2 aromatic heterocycles. The Morgan fingerprint density at radius 2 is 2.00 bits per heavy atom. The second kappa shape index (κ2) is 10.8. The summed E-state index contributed by atoms with van der Waals surface area (Å²) in [6.45, 7) is 15.6. The van der Waals surface area contributed by atoms with E-state index in [0.29, 0.717) is 48.2 Å². The van der Waals surface area contributed by atoms with Crippen molar-refractivity contribution in [3.8, 4) is 17.0 Å². The van der Waals surface area contributed by atoms with Gasteiger partial charge in [-0.05, 0) is 65.9 Å². The lowest BCUT2D eigenvalue weighted by atomic mass is 10.1. The molecule has 1 aliphatic rings. The SMILES string of the molecule is CC=CC/C(C)=C\C=C(/C)C1[C@@H](COc2nc(C)ncc2-c2cc(C)c(=O)n(CC)c2)[C@H]1C. The first-order valence-electron chi connectivity index (χ1n) is 11.9. The summed E-state index contributed by atoms with van der Waals surface area (Å²) in [5.41, 5.74) is 5.23. The van der Waals surface area contributed by atoms with Gasteiger partial charge in [-0.25, -0.2) is 4.98 Å². The van der Waals surface area contributed by atoms with Gasteiger partial charge in [0.1, 0.15) is 5.82 Å². The number of allylic oxidation sites excluding steroid dienone is 6. The summed E-state index contributed by atoms with van der Waals surface area (Å²) in [5, 5.41) is 0. The molecule has 5 heteroatoms. The molecule has 0 amide bonds. The Bertz CT molecular complexity index is 1140. The van der Waals surface area contributed by atoms with Crippen LogP contribution in [0, 0.1) is 31.6 Å². The number of rotatable bonds is 9. The lowest BCUT2D eigenvalue weighted by Crippen LogP contribution is -2.21. The van der Waals surface area contributed by atoms with Crippen molar-refractivity contribution < 1.29 is 4.74 Å². The highest BCUT2D eigenvalue weighted by Crippen LogP contribution is 2.50. The molecule has 176 valence electrons. The first-order chi connectivity index (χ1) is 15.8. The lowest BCUT2D eigenvalue weighted by Gasteiger charge is -2.13. The topological polar surface area (TPSA) is 57.0 Å². The molecular formula is C28H37N3O2. The van der Waals surface area contributed by atoms with Crippen molar-refractivity contribution in [1.29, 1.82) is 0 Å². The zero-order chi connectivity index (χ0) is 24.1. The van der Waals surface area contributed by atoms with Gasteiger partial charge in [0.25, 0.3) is 5.56 Å². The van der Waals surface area contributed by atoms with Gasteiger partial charge in [0, 0.05) is 36.0 Å². The minimum Gasteiger partial charge on any atom is -0.477 e. The standard InChI is InChI=1S/C28H37N3O2/c1-8-10-11-18(3)12-13-19(4)26-21(6)25(26)17-33-27-24(15-29-22(7)30-27)23-14-20(5)28(32)31(9-2)16-23/h8,10,12-16,21,25-26H,9,11,17H2,1-7H3/b10-8?,18-12-,19-13+/t21-,25+,26?/m1/s1. The lowest BCUT2D eigenvalue weighted by molar-refractivity contribution is 0.279. The van der Waals surface area contributed by atoms with Gasteiger partial charge in [-0.1, -0.05) is 42.4 Å². The van der Waals surface area contributed by atoms with Crippen LogP contribution in [0.2, 0.25) is 0 Å². The normalized spacial score (nSPS) is 21.0. The average Bonchev–Trinajstić information content (AvgIpc) is 3.45. The van der Waals surface area contributed by atoms with E-state index < -0.39 is 0 Å². The summed E-state index contributed by atoms with van der Waals surface area (Å²) >= 11 is 0. The van der Waals surface area contributed by atoms with Gasteiger partial charge in [-0.2, -0.15) is 4.98 Å². The van der Waals surface area contributed by atoms with Crippen LogP contribution in [-0.4, -0.2) is 21.1 Å². The van der Waals surface area contributed by atoms with E-state index in [1.807, 2.05) is 33.0 Å². The van der Waals surface area contributed by atoms with Crippen LogP contribution < -0.4 is 10.3 Å². The van der Waals surface area contributed by atoms with Crippen LogP contribution in [0.1, 0.15) is 52.4 Å². The molecule has 3 rings (SSSR count). The van der Waals surface area contributed by atoms with Crippen LogP contribution in [0.5, 0.6) is 5.88 Å². The number of pyridine rings is 1. The summed E-state index contributed by atoms with van der Waals surface area (Å²) in [7, 11) is 0. The Morgan fingerprint density at radius 1 is 1.24 bits per heavy atom. The van der Waals surface area contributed by atoms with E-state index in [4.69, 9.17) is 4.74 Å². The van der Waals surface area contributed by atoms with Crippen molar-refractivity contribution >= 4 is 0 Å². The molecule has 0 aromatic carbocycles. The van der Waals surface area contributed by atoms with Gasteiger partial charge in [0.05, 0.1) is 12.2 Å². The van der Waals surface area contributed by atoms with Gasteiger partial charge < -0.3 is 9.30 Å². The zero-order valence-corrected chi connectivity index (χ0v) is 21.1. The third kappa shape index (κ3) is 5.89. The summed E-state index contributed by atoms with van der Waals surface area (Å²) in [5.74, 6) is 2.85.